The molecule has 152 valence electrons. The quantitative estimate of drug-likeness (QED) is 0.737. The average Bonchev–Trinajstić information content (AvgIpc) is 2.78. The third-order valence-corrected chi connectivity index (χ3v) is 7.50. The summed E-state index contributed by atoms with van der Waals surface area (Å²) in [7, 11) is 0. The van der Waals surface area contributed by atoms with Crippen LogP contribution < -0.4 is 16.0 Å². The maximum absolute atomic E-state index is 5.86. The van der Waals surface area contributed by atoms with Gasteiger partial charge in [-0.05, 0) is 65.6 Å². The Morgan fingerprint density at radius 3 is 2.83 bits per heavy atom. The largest absolute Gasteiger partial charge is 0.384 e. The van der Waals surface area contributed by atoms with Crippen LogP contribution in [0.3, 0.4) is 0 Å². The molecular formula is C25H31N3O. The van der Waals surface area contributed by atoms with E-state index < -0.39 is 0 Å². The first kappa shape index (κ1) is 17.9. The van der Waals surface area contributed by atoms with E-state index >= 15 is 0 Å². The molecular weight excluding hydrogens is 358 g/mol. The van der Waals surface area contributed by atoms with Crippen LogP contribution in [0.4, 0.5) is 5.69 Å². The molecule has 2 saturated heterocycles. The minimum absolute atomic E-state index is 0.438. The molecule has 2 bridgehead atoms. The lowest BCUT2D eigenvalue weighted by molar-refractivity contribution is -0.0208. The van der Waals surface area contributed by atoms with Crippen molar-refractivity contribution in [3.8, 4) is 0 Å². The molecule has 0 radical (unpaired) electrons. The fourth-order valence-corrected chi connectivity index (χ4v) is 5.88. The Kier molecular flexibility index (Phi) is 4.59. The van der Waals surface area contributed by atoms with Gasteiger partial charge in [0.15, 0.2) is 0 Å². The van der Waals surface area contributed by atoms with Crippen molar-refractivity contribution >= 4 is 5.69 Å². The van der Waals surface area contributed by atoms with Crippen molar-refractivity contribution in [2.75, 3.05) is 38.2 Å². The molecule has 4 atom stereocenters. The van der Waals surface area contributed by atoms with E-state index in [4.69, 9.17) is 4.74 Å². The Morgan fingerprint density at radius 2 is 1.83 bits per heavy atom. The van der Waals surface area contributed by atoms with Gasteiger partial charge in [-0.1, -0.05) is 30.3 Å². The number of nitrogens with one attached hydrogen (secondary N) is 3. The van der Waals surface area contributed by atoms with Crippen molar-refractivity contribution in [1.82, 2.24) is 10.6 Å². The van der Waals surface area contributed by atoms with Gasteiger partial charge in [-0.3, -0.25) is 0 Å². The van der Waals surface area contributed by atoms with Crippen molar-refractivity contribution in [2.45, 2.75) is 37.8 Å². The van der Waals surface area contributed by atoms with Gasteiger partial charge in [0.05, 0.1) is 13.2 Å². The van der Waals surface area contributed by atoms with Gasteiger partial charge in [-0.15, -0.1) is 0 Å². The smallest absolute Gasteiger partial charge is 0.0512 e. The van der Waals surface area contributed by atoms with E-state index in [1.165, 1.54) is 34.4 Å². The molecule has 0 amide bonds. The van der Waals surface area contributed by atoms with Crippen molar-refractivity contribution in [3.05, 3.63) is 64.2 Å². The second kappa shape index (κ2) is 7.42. The number of piperidine rings is 1. The van der Waals surface area contributed by atoms with E-state index in [0.29, 0.717) is 23.8 Å². The highest BCUT2D eigenvalue weighted by molar-refractivity contribution is 5.56. The van der Waals surface area contributed by atoms with Crippen LogP contribution in [-0.4, -0.2) is 32.8 Å². The van der Waals surface area contributed by atoms with Crippen molar-refractivity contribution in [3.63, 3.8) is 0 Å². The maximum Gasteiger partial charge on any atom is 0.0512 e. The first-order valence-corrected chi connectivity index (χ1v) is 11.3. The molecule has 29 heavy (non-hydrogen) atoms. The molecule has 0 saturated carbocycles. The Bertz CT molecular complexity index is 911. The van der Waals surface area contributed by atoms with E-state index in [9.17, 15) is 0 Å². The van der Waals surface area contributed by atoms with Crippen LogP contribution >= 0.6 is 0 Å². The molecule has 3 N–H and O–H groups in total. The van der Waals surface area contributed by atoms with Crippen LogP contribution in [0.25, 0.3) is 0 Å². The molecule has 4 aliphatic rings. The summed E-state index contributed by atoms with van der Waals surface area (Å²) in [6, 6.07) is 14.7. The van der Waals surface area contributed by atoms with Gasteiger partial charge < -0.3 is 20.7 Å². The first-order valence-electron chi connectivity index (χ1n) is 11.3. The zero-order valence-electron chi connectivity index (χ0n) is 17.0. The highest BCUT2D eigenvalue weighted by Gasteiger charge is 2.35. The monoisotopic (exact) mass is 389 g/mol. The normalized spacial score (nSPS) is 30.8. The topological polar surface area (TPSA) is 45.3 Å². The van der Waals surface area contributed by atoms with E-state index in [1.54, 1.807) is 5.56 Å². The standard InChI is InChI=1S/C25H31N3O/c1-2-20-12-26-6-5-18(20)8-17(1)22-10-21-9-19(3-4-24(21)27-13-22)25-23-7-16(11-28-25)14-29-15-23/h1-4,8-9,16,22-23,25-28H,5-7,10-15H2. The highest BCUT2D eigenvalue weighted by atomic mass is 16.5. The Balaban J connectivity index is 1.24. The van der Waals surface area contributed by atoms with Crippen LogP contribution in [0.2, 0.25) is 0 Å². The Hall–Kier alpha value is -1.88. The Labute approximate surface area is 173 Å². The van der Waals surface area contributed by atoms with Gasteiger partial charge in [0.2, 0.25) is 0 Å². The van der Waals surface area contributed by atoms with Gasteiger partial charge in [0.25, 0.3) is 0 Å². The molecule has 6 rings (SSSR count). The Morgan fingerprint density at radius 1 is 0.897 bits per heavy atom. The number of anilines is 1. The van der Waals surface area contributed by atoms with Crippen LogP contribution in [0.1, 0.15) is 46.2 Å². The maximum atomic E-state index is 5.86. The summed E-state index contributed by atoms with van der Waals surface area (Å²) in [6.45, 7) is 6.07. The molecule has 0 aromatic heterocycles. The lowest BCUT2D eigenvalue weighted by atomic mass is 9.79. The SMILES string of the molecule is c1cc2c(cc1C1CNc3ccc(C4NCC5COCC4C5)cc3C1)CCNC2. The van der Waals surface area contributed by atoms with Gasteiger partial charge >= 0.3 is 0 Å². The van der Waals surface area contributed by atoms with Gasteiger partial charge in [0, 0.05) is 43.2 Å². The molecule has 4 unspecified atom stereocenters. The van der Waals surface area contributed by atoms with Crippen LogP contribution in [0.15, 0.2) is 36.4 Å². The summed E-state index contributed by atoms with van der Waals surface area (Å²) < 4.78 is 5.86. The van der Waals surface area contributed by atoms with E-state index in [0.717, 1.165) is 52.2 Å². The molecule has 4 nitrogen and oxygen atoms in total. The predicted molar refractivity (Wildman–Crippen MR) is 116 cm³/mol. The molecule has 4 heterocycles. The van der Waals surface area contributed by atoms with Crippen LogP contribution in [0.5, 0.6) is 0 Å². The first-order chi connectivity index (χ1) is 14.3. The zero-order chi connectivity index (χ0) is 19.2. The minimum atomic E-state index is 0.438. The van der Waals surface area contributed by atoms with E-state index in [1.807, 2.05) is 0 Å². The van der Waals surface area contributed by atoms with Gasteiger partial charge in [0.1, 0.15) is 0 Å². The molecule has 0 spiro atoms. The highest BCUT2D eigenvalue weighted by Crippen LogP contribution is 2.38. The summed E-state index contributed by atoms with van der Waals surface area (Å²) in [5.41, 5.74) is 8.74. The van der Waals surface area contributed by atoms with Crippen LogP contribution in [-0.2, 0) is 24.1 Å². The molecule has 0 aliphatic carbocycles. The predicted octanol–water partition coefficient (Wildman–Crippen LogP) is 3.38. The number of hydrogen-bond donors (Lipinski definition) is 3. The number of ether oxygens (including phenoxy) is 1. The fraction of sp³-hybridized carbons (Fsp3) is 0.520. The van der Waals surface area contributed by atoms with Crippen LogP contribution in [0, 0.1) is 11.8 Å². The second-order valence-electron chi connectivity index (χ2n) is 9.44. The third-order valence-electron chi connectivity index (χ3n) is 7.50. The average molecular weight is 390 g/mol. The summed E-state index contributed by atoms with van der Waals surface area (Å²) in [6.07, 6.45) is 3.59. The summed E-state index contributed by atoms with van der Waals surface area (Å²) >= 11 is 0. The number of benzene rings is 2. The van der Waals surface area contributed by atoms with Gasteiger partial charge in [-0.25, -0.2) is 0 Å². The molecule has 2 aromatic carbocycles. The van der Waals surface area contributed by atoms with E-state index in [-0.39, 0.29) is 0 Å². The summed E-state index contributed by atoms with van der Waals surface area (Å²) in [5, 5.41) is 11.0. The lowest BCUT2D eigenvalue weighted by Gasteiger charge is -2.41. The summed E-state index contributed by atoms with van der Waals surface area (Å²) in [5.74, 6) is 1.87. The van der Waals surface area contributed by atoms with Crippen molar-refractivity contribution < 1.29 is 4.74 Å². The van der Waals surface area contributed by atoms with Crippen molar-refractivity contribution in [2.24, 2.45) is 11.8 Å². The number of rotatable bonds is 2. The third kappa shape index (κ3) is 3.37. The molecule has 4 heteroatoms. The van der Waals surface area contributed by atoms with Crippen molar-refractivity contribution in [1.29, 1.82) is 0 Å². The number of hydrogen-bond acceptors (Lipinski definition) is 4. The minimum Gasteiger partial charge on any atom is -0.384 e. The second-order valence-corrected chi connectivity index (χ2v) is 9.44. The molecule has 2 fully saturated rings. The van der Waals surface area contributed by atoms with Gasteiger partial charge in [-0.2, -0.15) is 0 Å². The zero-order valence-corrected chi connectivity index (χ0v) is 17.0. The molecule has 2 aromatic rings. The summed E-state index contributed by atoms with van der Waals surface area (Å²) in [4.78, 5) is 0. The lowest BCUT2D eigenvalue weighted by Crippen LogP contribution is -2.46. The molecule has 4 aliphatic heterocycles. The number of fused-ring (bicyclic) bond motifs is 4. The fourth-order valence-electron chi connectivity index (χ4n) is 5.88. The van der Waals surface area contributed by atoms with E-state index in [2.05, 4.69) is 52.3 Å².